The van der Waals surface area contributed by atoms with Gasteiger partial charge in [-0.1, -0.05) is 24.3 Å². The Bertz CT molecular complexity index is 477. The summed E-state index contributed by atoms with van der Waals surface area (Å²) in [4.78, 5) is 18.9. The third kappa shape index (κ3) is 1.91. The number of aromatic nitrogens is 2. The van der Waals surface area contributed by atoms with Gasteiger partial charge in [-0.3, -0.25) is 14.8 Å². The van der Waals surface area contributed by atoms with Crippen LogP contribution in [0, 0.1) is 6.92 Å². The van der Waals surface area contributed by atoms with E-state index >= 15 is 0 Å². The maximum absolute atomic E-state index is 10.5. The third-order valence-electron chi connectivity index (χ3n) is 2.20. The van der Waals surface area contributed by atoms with Crippen LogP contribution < -0.4 is 0 Å². The number of aryl methyl sites for hydroxylation is 1. The van der Waals surface area contributed by atoms with E-state index < -0.39 is 0 Å². The highest BCUT2D eigenvalue weighted by Gasteiger charge is 2.02. The number of carbonyl (C=O) groups excluding carboxylic acids is 1. The Kier molecular flexibility index (Phi) is 2.54. The van der Waals surface area contributed by atoms with E-state index in [1.807, 2.05) is 19.1 Å². The molecule has 1 heterocycles. The first-order chi connectivity index (χ1) is 7.31. The standard InChI is InChI=1S/C12H10N2O/c1-9-12(14-7-6-13-9)11-4-2-10(8-15)3-5-11/h2-8H,1H3. The molecule has 15 heavy (non-hydrogen) atoms. The van der Waals surface area contributed by atoms with Gasteiger partial charge in [0.25, 0.3) is 0 Å². The molecule has 2 rings (SSSR count). The van der Waals surface area contributed by atoms with Gasteiger partial charge in [0.15, 0.2) is 0 Å². The van der Waals surface area contributed by atoms with Crippen LogP contribution >= 0.6 is 0 Å². The molecule has 3 heteroatoms. The SMILES string of the molecule is Cc1nccnc1-c1ccc(C=O)cc1. The van der Waals surface area contributed by atoms with E-state index in [2.05, 4.69) is 9.97 Å². The van der Waals surface area contributed by atoms with Crippen LogP contribution in [0.15, 0.2) is 36.7 Å². The first kappa shape index (κ1) is 9.52. The van der Waals surface area contributed by atoms with Crippen molar-refractivity contribution in [1.82, 2.24) is 9.97 Å². The molecule has 0 N–H and O–H groups in total. The second-order valence-electron chi connectivity index (χ2n) is 3.23. The summed E-state index contributed by atoms with van der Waals surface area (Å²) in [5.41, 5.74) is 3.39. The molecule has 3 nitrogen and oxygen atoms in total. The Balaban J connectivity index is 2.46. The summed E-state index contributed by atoms with van der Waals surface area (Å²) in [7, 11) is 0. The molecular formula is C12H10N2O. The molecule has 0 fully saturated rings. The van der Waals surface area contributed by atoms with E-state index in [-0.39, 0.29) is 0 Å². The summed E-state index contributed by atoms with van der Waals surface area (Å²) >= 11 is 0. The summed E-state index contributed by atoms with van der Waals surface area (Å²) in [5, 5.41) is 0. The van der Waals surface area contributed by atoms with E-state index in [0.29, 0.717) is 5.56 Å². The molecule has 2 aromatic rings. The summed E-state index contributed by atoms with van der Waals surface area (Å²) in [5.74, 6) is 0. The van der Waals surface area contributed by atoms with Crippen LogP contribution in [0.3, 0.4) is 0 Å². The van der Waals surface area contributed by atoms with Gasteiger partial charge in [0.1, 0.15) is 6.29 Å². The average molecular weight is 198 g/mol. The Hall–Kier alpha value is -2.03. The first-order valence-electron chi connectivity index (χ1n) is 4.64. The van der Waals surface area contributed by atoms with Crippen LogP contribution in [-0.4, -0.2) is 16.3 Å². The maximum atomic E-state index is 10.5. The van der Waals surface area contributed by atoms with E-state index in [9.17, 15) is 4.79 Å². The van der Waals surface area contributed by atoms with Crippen LogP contribution in [0.5, 0.6) is 0 Å². The highest BCUT2D eigenvalue weighted by molar-refractivity contribution is 5.76. The van der Waals surface area contributed by atoms with Crippen molar-refractivity contribution in [3.63, 3.8) is 0 Å². The fraction of sp³-hybridized carbons (Fsp3) is 0.0833. The lowest BCUT2D eigenvalue weighted by molar-refractivity contribution is 0.112. The Morgan fingerprint density at radius 3 is 2.33 bits per heavy atom. The number of hydrogen-bond acceptors (Lipinski definition) is 3. The second kappa shape index (κ2) is 4.00. The molecule has 0 unspecified atom stereocenters. The molecule has 0 radical (unpaired) electrons. The van der Waals surface area contributed by atoms with Gasteiger partial charge in [0, 0.05) is 23.5 Å². The molecule has 0 aliphatic heterocycles. The quantitative estimate of drug-likeness (QED) is 0.695. The van der Waals surface area contributed by atoms with Crippen LogP contribution in [0.25, 0.3) is 11.3 Å². The monoisotopic (exact) mass is 198 g/mol. The van der Waals surface area contributed by atoms with Gasteiger partial charge >= 0.3 is 0 Å². The van der Waals surface area contributed by atoms with E-state index in [1.165, 1.54) is 0 Å². The van der Waals surface area contributed by atoms with Crippen molar-refractivity contribution in [3.8, 4) is 11.3 Å². The highest BCUT2D eigenvalue weighted by Crippen LogP contribution is 2.18. The second-order valence-corrected chi connectivity index (χ2v) is 3.23. The normalized spacial score (nSPS) is 9.93. The minimum Gasteiger partial charge on any atom is -0.298 e. The zero-order valence-corrected chi connectivity index (χ0v) is 8.34. The van der Waals surface area contributed by atoms with Gasteiger partial charge in [-0.05, 0) is 6.92 Å². The Labute approximate surface area is 87.8 Å². The zero-order valence-electron chi connectivity index (χ0n) is 8.34. The number of hydrogen-bond donors (Lipinski definition) is 0. The highest BCUT2D eigenvalue weighted by atomic mass is 16.1. The minimum atomic E-state index is 0.667. The number of aldehydes is 1. The molecule has 0 amide bonds. The number of benzene rings is 1. The lowest BCUT2D eigenvalue weighted by atomic mass is 10.1. The Morgan fingerprint density at radius 1 is 1.07 bits per heavy atom. The van der Waals surface area contributed by atoms with Gasteiger partial charge in [0.2, 0.25) is 0 Å². The number of nitrogens with zero attached hydrogens (tertiary/aromatic N) is 2. The lowest BCUT2D eigenvalue weighted by Gasteiger charge is -2.03. The molecule has 0 aliphatic carbocycles. The molecule has 74 valence electrons. The van der Waals surface area contributed by atoms with Gasteiger partial charge in [-0.15, -0.1) is 0 Å². The summed E-state index contributed by atoms with van der Waals surface area (Å²) in [6.45, 7) is 1.91. The maximum Gasteiger partial charge on any atom is 0.150 e. The smallest absolute Gasteiger partial charge is 0.150 e. The topological polar surface area (TPSA) is 42.9 Å². The van der Waals surface area contributed by atoms with Gasteiger partial charge < -0.3 is 0 Å². The third-order valence-corrected chi connectivity index (χ3v) is 2.20. The molecule has 0 bridgehead atoms. The fourth-order valence-electron chi connectivity index (χ4n) is 1.41. The van der Waals surface area contributed by atoms with Crippen molar-refractivity contribution in [1.29, 1.82) is 0 Å². The minimum absolute atomic E-state index is 0.667. The van der Waals surface area contributed by atoms with Gasteiger partial charge in [0.05, 0.1) is 11.4 Å². The van der Waals surface area contributed by atoms with Crippen molar-refractivity contribution < 1.29 is 4.79 Å². The average Bonchev–Trinajstić information content (AvgIpc) is 2.30. The molecule has 0 atom stereocenters. The Morgan fingerprint density at radius 2 is 1.73 bits per heavy atom. The van der Waals surface area contributed by atoms with Crippen molar-refractivity contribution in [2.75, 3.05) is 0 Å². The van der Waals surface area contributed by atoms with Crippen LogP contribution in [0.4, 0.5) is 0 Å². The van der Waals surface area contributed by atoms with Crippen molar-refractivity contribution >= 4 is 6.29 Å². The molecular weight excluding hydrogens is 188 g/mol. The van der Waals surface area contributed by atoms with Crippen LogP contribution in [0.2, 0.25) is 0 Å². The molecule has 1 aromatic carbocycles. The molecule has 0 aliphatic rings. The summed E-state index contributed by atoms with van der Waals surface area (Å²) in [6, 6.07) is 7.30. The predicted octanol–water partition coefficient (Wildman–Crippen LogP) is 2.26. The molecule has 0 saturated carbocycles. The van der Waals surface area contributed by atoms with Crippen LogP contribution in [-0.2, 0) is 0 Å². The van der Waals surface area contributed by atoms with Gasteiger partial charge in [-0.2, -0.15) is 0 Å². The van der Waals surface area contributed by atoms with Crippen molar-refractivity contribution in [3.05, 3.63) is 47.9 Å². The lowest BCUT2D eigenvalue weighted by Crippen LogP contribution is -1.90. The molecule has 0 saturated heterocycles. The predicted molar refractivity (Wildman–Crippen MR) is 57.6 cm³/mol. The molecule has 1 aromatic heterocycles. The zero-order chi connectivity index (χ0) is 10.7. The van der Waals surface area contributed by atoms with E-state index in [0.717, 1.165) is 23.2 Å². The largest absolute Gasteiger partial charge is 0.298 e. The van der Waals surface area contributed by atoms with Crippen molar-refractivity contribution in [2.45, 2.75) is 6.92 Å². The summed E-state index contributed by atoms with van der Waals surface area (Å²) < 4.78 is 0. The molecule has 0 spiro atoms. The van der Waals surface area contributed by atoms with Crippen LogP contribution in [0.1, 0.15) is 16.1 Å². The number of rotatable bonds is 2. The van der Waals surface area contributed by atoms with E-state index in [4.69, 9.17) is 0 Å². The number of carbonyl (C=O) groups is 1. The first-order valence-corrected chi connectivity index (χ1v) is 4.64. The van der Waals surface area contributed by atoms with Crippen molar-refractivity contribution in [2.24, 2.45) is 0 Å². The van der Waals surface area contributed by atoms with Gasteiger partial charge in [-0.25, -0.2) is 0 Å². The fourth-order valence-corrected chi connectivity index (χ4v) is 1.41. The summed E-state index contributed by atoms with van der Waals surface area (Å²) in [6.07, 6.45) is 4.15. The van der Waals surface area contributed by atoms with E-state index in [1.54, 1.807) is 24.5 Å².